The highest BCUT2D eigenvalue weighted by Crippen LogP contribution is 2.20. The summed E-state index contributed by atoms with van der Waals surface area (Å²) in [6, 6.07) is 6.42. The largest absolute Gasteiger partial charge is 0.327 e. The number of carbonyl (C=O) groups excluding carboxylic acids is 1. The molecule has 1 heterocycles. The van der Waals surface area contributed by atoms with E-state index >= 15 is 0 Å². The van der Waals surface area contributed by atoms with E-state index in [0.717, 1.165) is 41.9 Å². The molecule has 1 aromatic heterocycles. The van der Waals surface area contributed by atoms with Crippen LogP contribution >= 0.6 is 0 Å². The van der Waals surface area contributed by atoms with Crippen molar-refractivity contribution in [3.8, 4) is 0 Å². The second-order valence-electron chi connectivity index (χ2n) is 6.94. The molecular formula is C19H28N4O2. The minimum atomic E-state index is -0.550. The lowest BCUT2D eigenvalue weighted by molar-refractivity contribution is -0.124. The lowest BCUT2D eigenvalue weighted by Gasteiger charge is -2.13. The van der Waals surface area contributed by atoms with Crippen LogP contribution in [0.3, 0.4) is 0 Å². The van der Waals surface area contributed by atoms with E-state index in [9.17, 15) is 4.79 Å². The maximum absolute atomic E-state index is 11.1. The number of amides is 1. The smallest absolute Gasteiger partial charge is 0.267 e. The number of hydroxylamine groups is 1. The standard InChI is InChI=1S/C19H28N4O2/c1-13(2)11-18-21-16-12-15(6-8-19(24)22-25)5-7-17(16)23(18)10-9-20-14(3)4/h5-8,12-14,20,25H,9-11H2,1-4H3,(H,22,24). The summed E-state index contributed by atoms with van der Waals surface area (Å²) < 4.78 is 2.28. The average molecular weight is 344 g/mol. The first-order valence-corrected chi connectivity index (χ1v) is 8.75. The van der Waals surface area contributed by atoms with Gasteiger partial charge in [0.25, 0.3) is 5.91 Å². The Bertz CT molecular complexity index is 747. The number of carbonyl (C=O) groups is 1. The quantitative estimate of drug-likeness (QED) is 0.391. The molecule has 3 N–H and O–H groups in total. The summed E-state index contributed by atoms with van der Waals surface area (Å²) in [7, 11) is 0. The molecule has 6 heteroatoms. The monoisotopic (exact) mass is 344 g/mol. The second kappa shape index (κ2) is 8.78. The van der Waals surface area contributed by atoms with Crippen molar-refractivity contribution < 1.29 is 10.0 Å². The van der Waals surface area contributed by atoms with Gasteiger partial charge in [0.1, 0.15) is 5.82 Å². The van der Waals surface area contributed by atoms with Crippen LogP contribution in [-0.4, -0.2) is 33.3 Å². The first-order valence-electron chi connectivity index (χ1n) is 8.75. The number of nitrogens with one attached hydrogen (secondary N) is 2. The van der Waals surface area contributed by atoms with Crippen LogP contribution < -0.4 is 10.8 Å². The van der Waals surface area contributed by atoms with E-state index in [2.05, 4.69) is 37.6 Å². The van der Waals surface area contributed by atoms with Crippen molar-refractivity contribution in [2.45, 2.75) is 46.7 Å². The SMILES string of the molecule is CC(C)Cc1nc2cc(C=CC(=O)NO)ccc2n1CCNC(C)C. The summed E-state index contributed by atoms with van der Waals surface area (Å²) in [6.07, 6.45) is 3.88. The topological polar surface area (TPSA) is 79.2 Å². The molecule has 0 saturated heterocycles. The third kappa shape index (κ3) is 5.41. The molecule has 2 aromatic rings. The van der Waals surface area contributed by atoms with Crippen LogP contribution in [0.1, 0.15) is 39.1 Å². The van der Waals surface area contributed by atoms with Gasteiger partial charge in [0.05, 0.1) is 11.0 Å². The van der Waals surface area contributed by atoms with Crippen LogP contribution in [0.2, 0.25) is 0 Å². The lowest BCUT2D eigenvalue weighted by atomic mass is 10.1. The fraction of sp³-hybridized carbons (Fsp3) is 0.474. The Balaban J connectivity index is 2.32. The third-order valence-electron chi connectivity index (χ3n) is 3.87. The van der Waals surface area contributed by atoms with E-state index in [1.807, 2.05) is 18.2 Å². The van der Waals surface area contributed by atoms with Gasteiger partial charge < -0.3 is 9.88 Å². The van der Waals surface area contributed by atoms with Gasteiger partial charge in [-0.2, -0.15) is 0 Å². The number of hydrogen-bond acceptors (Lipinski definition) is 4. The average Bonchev–Trinajstić information content (AvgIpc) is 2.88. The highest BCUT2D eigenvalue weighted by molar-refractivity contribution is 5.91. The lowest BCUT2D eigenvalue weighted by Crippen LogP contribution is -2.27. The molecule has 0 aliphatic heterocycles. The van der Waals surface area contributed by atoms with Gasteiger partial charge in [-0.25, -0.2) is 10.5 Å². The van der Waals surface area contributed by atoms with E-state index in [1.54, 1.807) is 11.6 Å². The van der Waals surface area contributed by atoms with E-state index in [4.69, 9.17) is 10.2 Å². The highest BCUT2D eigenvalue weighted by Gasteiger charge is 2.12. The number of nitrogens with zero attached hydrogens (tertiary/aromatic N) is 2. The Morgan fingerprint density at radius 2 is 2.08 bits per heavy atom. The zero-order valence-electron chi connectivity index (χ0n) is 15.4. The van der Waals surface area contributed by atoms with E-state index < -0.39 is 5.91 Å². The van der Waals surface area contributed by atoms with Crippen molar-refractivity contribution in [2.24, 2.45) is 5.92 Å². The van der Waals surface area contributed by atoms with Crippen LogP contribution in [-0.2, 0) is 17.8 Å². The molecule has 0 unspecified atom stereocenters. The molecule has 0 fully saturated rings. The molecule has 0 atom stereocenters. The van der Waals surface area contributed by atoms with Crippen LogP contribution in [0.4, 0.5) is 0 Å². The summed E-state index contributed by atoms with van der Waals surface area (Å²) in [5.41, 5.74) is 4.48. The summed E-state index contributed by atoms with van der Waals surface area (Å²) in [5, 5.41) is 12.0. The number of fused-ring (bicyclic) bond motifs is 1. The van der Waals surface area contributed by atoms with E-state index in [1.165, 1.54) is 6.08 Å². The molecule has 0 aliphatic carbocycles. The van der Waals surface area contributed by atoms with Crippen molar-refractivity contribution >= 4 is 23.0 Å². The van der Waals surface area contributed by atoms with Crippen molar-refractivity contribution in [2.75, 3.05) is 6.54 Å². The minimum absolute atomic E-state index is 0.456. The molecule has 2 rings (SSSR count). The molecule has 136 valence electrons. The minimum Gasteiger partial charge on any atom is -0.327 e. The van der Waals surface area contributed by atoms with Crippen LogP contribution in [0, 0.1) is 5.92 Å². The van der Waals surface area contributed by atoms with Gasteiger partial charge in [-0.3, -0.25) is 10.0 Å². The van der Waals surface area contributed by atoms with Crippen molar-refractivity contribution in [3.63, 3.8) is 0 Å². The van der Waals surface area contributed by atoms with Crippen molar-refractivity contribution in [3.05, 3.63) is 35.7 Å². The normalized spacial score (nSPS) is 12.0. The molecule has 25 heavy (non-hydrogen) atoms. The van der Waals surface area contributed by atoms with Crippen molar-refractivity contribution in [1.29, 1.82) is 0 Å². The van der Waals surface area contributed by atoms with Gasteiger partial charge in [0.2, 0.25) is 0 Å². The Morgan fingerprint density at radius 1 is 1.32 bits per heavy atom. The van der Waals surface area contributed by atoms with E-state index in [-0.39, 0.29) is 0 Å². The molecule has 0 radical (unpaired) electrons. The summed E-state index contributed by atoms with van der Waals surface area (Å²) >= 11 is 0. The third-order valence-corrected chi connectivity index (χ3v) is 3.87. The molecule has 0 aliphatic rings. The predicted octanol–water partition coefficient (Wildman–Crippen LogP) is 2.75. The van der Waals surface area contributed by atoms with Gasteiger partial charge in [-0.1, -0.05) is 33.8 Å². The number of rotatable bonds is 8. The van der Waals surface area contributed by atoms with Gasteiger partial charge in [-0.15, -0.1) is 0 Å². The molecule has 6 nitrogen and oxygen atoms in total. The number of hydrogen-bond donors (Lipinski definition) is 3. The van der Waals surface area contributed by atoms with Gasteiger partial charge in [-0.05, 0) is 29.7 Å². The van der Waals surface area contributed by atoms with Gasteiger partial charge >= 0.3 is 0 Å². The zero-order valence-corrected chi connectivity index (χ0v) is 15.4. The first kappa shape index (κ1) is 19.1. The number of benzene rings is 1. The van der Waals surface area contributed by atoms with Crippen LogP contribution in [0.25, 0.3) is 17.1 Å². The molecule has 0 spiro atoms. The maximum atomic E-state index is 11.1. The van der Waals surface area contributed by atoms with Gasteiger partial charge in [0.15, 0.2) is 0 Å². The second-order valence-corrected chi connectivity index (χ2v) is 6.94. The summed E-state index contributed by atoms with van der Waals surface area (Å²) in [6.45, 7) is 10.4. The summed E-state index contributed by atoms with van der Waals surface area (Å²) in [5.74, 6) is 1.07. The Morgan fingerprint density at radius 3 is 2.72 bits per heavy atom. The molecule has 1 amide bonds. The predicted molar refractivity (Wildman–Crippen MR) is 100 cm³/mol. The molecule has 0 saturated carbocycles. The van der Waals surface area contributed by atoms with Crippen LogP contribution in [0.15, 0.2) is 24.3 Å². The zero-order chi connectivity index (χ0) is 18.4. The molecule has 0 bridgehead atoms. The highest BCUT2D eigenvalue weighted by atomic mass is 16.5. The Labute approximate surface area is 148 Å². The fourth-order valence-electron chi connectivity index (χ4n) is 2.75. The summed E-state index contributed by atoms with van der Waals surface area (Å²) in [4.78, 5) is 15.9. The van der Waals surface area contributed by atoms with Crippen LogP contribution in [0.5, 0.6) is 0 Å². The molecule has 1 aromatic carbocycles. The van der Waals surface area contributed by atoms with Crippen molar-refractivity contribution in [1.82, 2.24) is 20.3 Å². The fourth-order valence-corrected chi connectivity index (χ4v) is 2.75. The Kier molecular flexibility index (Phi) is 6.73. The maximum Gasteiger partial charge on any atom is 0.267 e. The number of imidazole rings is 1. The first-order chi connectivity index (χ1) is 11.9. The molecular weight excluding hydrogens is 316 g/mol. The Hall–Kier alpha value is -2.18. The van der Waals surface area contributed by atoms with Gasteiger partial charge in [0, 0.05) is 31.6 Å². The number of aromatic nitrogens is 2. The van der Waals surface area contributed by atoms with E-state index in [0.29, 0.717) is 12.0 Å².